The van der Waals surface area contributed by atoms with Crippen LogP contribution in [0.1, 0.15) is 64.6 Å². The summed E-state index contributed by atoms with van der Waals surface area (Å²) in [6, 6.07) is 7.18. The van der Waals surface area contributed by atoms with Gasteiger partial charge in [-0.2, -0.15) is 4.90 Å². The van der Waals surface area contributed by atoms with E-state index in [9.17, 15) is 19.2 Å². The number of nitrogens with two attached hydrogens (primary N) is 1. The third kappa shape index (κ3) is 6.66. The molecule has 0 fully saturated rings. The van der Waals surface area contributed by atoms with Crippen molar-refractivity contribution in [1.82, 2.24) is 9.55 Å². The molecule has 0 aliphatic heterocycles. The van der Waals surface area contributed by atoms with Crippen LogP contribution in [-0.2, 0) is 14.2 Å². The van der Waals surface area contributed by atoms with E-state index in [-0.39, 0.29) is 34.9 Å². The third-order valence-electron chi connectivity index (χ3n) is 5.02. The van der Waals surface area contributed by atoms with Crippen molar-refractivity contribution < 1.29 is 33.4 Å². The SMILES string of the molecule is CCOC(=O)n1c(C(=O)c2cc(N(C(=O)OC(C)(C)C)C(=O)OC(C)(C)C)ccn2)c(N)c2ccc(Cl)cc21. The average Bonchev–Trinajstić information content (AvgIpc) is 3.08. The Morgan fingerprint density at radius 3 is 2.10 bits per heavy atom. The summed E-state index contributed by atoms with van der Waals surface area (Å²) in [5, 5.41) is 0.714. The van der Waals surface area contributed by atoms with Crippen LogP contribution in [0, 0.1) is 0 Å². The van der Waals surface area contributed by atoms with Gasteiger partial charge in [0.2, 0.25) is 5.78 Å². The molecule has 2 amide bonds. The van der Waals surface area contributed by atoms with Crippen LogP contribution in [0.25, 0.3) is 10.9 Å². The number of aromatic nitrogens is 2. The summed E-state index contributed by atoms with van der Waals surface area (Å²) in [6.45, 7) is 11.5. The Morgan fingerprint density at radius 1 is 0.974 bits per heavy atom. The summed E-state index contributed by atoms with van der Waals surface area (Å²) in [5.74, 6) is -0.761. The number of imide groups is 1. The Bertz CT molecular complexity index is 1420. The minimum atomic E-state index is -1.02. The number of hydrogen-bond donors (Lipinski definition) is 1. The highest BCUT2D eigenvalue weighted by atomic mass is 35.5. The van der Waals surface area contributed by atoms with Crippen LogP contribution < -0.4 is 10.6 Å². The van der Waals surface area contributed by atoms with Crippen molar-refractivity contribution in [2.75, 3.05) is 17.2 Å². The van der Waals surface area contributed by atoms with Gasteiger partial charge in [-0.15, -0.1) is 0 Å². The van der Waals surface area contributed by atoms with E-state index < -0.39 is 35.3 Å². The van der Waals surface area contributed by atoms with Gasteiger partial charge < -0.3 is 19.9 Å². The smallest absolute Gasteiger partial charge is 0.424 e. The van der Waals surface area contributed by atoms with Gasteiger partial charge in [0.25, 0.3) is 0 Å². The van der Waals surface area contributed by atoms with Gasteiger partial charge in [0.1, 0.15) is 22.6 Å². The maximum absolute atomic E-state index is 13.8. The summed E-state index contributed by atoms with van der Waals surface area (Å²) < 4.78 is 17.0. The molecule has 3 rings (SSSR count). The number of rotatable bonds is 4. The van der Waals surface area contributed by atoms with Gasteiger partial charge >= 0.3 is 18.3 Å². The second kappa shape index (κ2) is 10.9. The van der Waals surface area contributed by atoms with Gasteiger partial charge in [0.15, 0.2) is 0 Å². The molecule has 1 aromatic carbocycles. The van der Waals surface area contributed by atoms with Gasteiger partial charge in [0, 0.05) is 16.6 Å². The van der Waals surface area contributed by atoms with Crippen molar-refractivity contribution in [3.63, 3.8) is 0 Å². The summed E-state index contributed by atoms with van der Waals surface area (Å²) in [6.07, 6.45) is -1.65. The minimum absolute atomic E-state index is 0.00284. The van der Waals surface area contributed by atoms with Crippen LogP contribution in [0.5, 0.6) is 0 Å². The normalized spacial score (nSPS) is 11.7. The Hall–Kier alpha value is -4.12. The molecule has 2 aromatic heterocycles. The molecule has 0 atom stereocenters. The van der Waals surface area contributed by atoms with Gasteiger partial charge in [-0.05, 0) is 78.8 Å². The molecule has 0 saturated heterocycles. The van der Waals surface area contributed by atoms with Gasteiger partial charge in [0.05, 0.1) is 23.5 Å². The Labute approximate surface area is 230 Å². The maximum atomic E-state index is 13.8. The zero-order valence-corrected chi connectivity index (χ0v) is 23.6. The molecular formula is C27H31ClN4O7. The Morgan fingerprint density at radius 2 is 1.56 bits per heavy atom. The summed E-state index contributed by atoms with van der Waals surface area (Å²) >= 11 is 6.14. The molecule has 2 heterocycles. The molecule has 12 heteroatoms. The monoisotopic (exact) mass is 558 g/mol. The number of benzene rings is 1. The first-order valence-corrected chi connectivity index (χ1v) is 12.4. The molecule has 0 saturated carbocycles. The minimum Gasteiger partial charge on any atom is -0.449 e. The fraction of sp³-hybridized carbons (Fsp3) is 0.370. The number of hydrogen-bond acceptors (Lipinski definition) is 9. The molecule has 11 nitrogen and oxygen atoms in total. The van der Waals surface area contributed by atoms with Crippen LogP contribution in [0.4, 0.5) is 25.8 Å². The van der Waals surface area contributed by atoms with E-state index in [2.05, 4.69) is 4.98 Å². The fourth-order valence-electron chi connectivity index (χ4n) is 3.59. The molecule has 0 bridgehead atoms. The van der Waals surface area contributed by atoms with E-state index >= 15 is 0 Å². The lowest BCUT2D eigenvalue weighted by Gasteiger charge is -2.28. The lowest BCUT2D eigenvalue weighted by Crippen LogP contribution is -2.43. The topological polar surface area (TPSA) is 143 Å². The first kappa shape index (κ1) is 29.4. The number of fused-ring (bicyclic) bond motifs is 1. The first-order chi connectivity index (χ1) is 18.0. The second-order valence-electron chi connectivity index (χ2n) is 10.5. The number of ether oxygens (including phenoxy) is 3. The standard InChI is InChI=1S/C27H31ClN4O7/c1-8-37-23(34)32-19-13-15(28)9-10-17(19)20(29)21(32)22(33)18-14-16(11-12-30-18)31(24(35)38-26(2,3)4)25(36)39-27(5,6)7/h9-14H,8,29H2,1-7H3. The maximum Gasteiger partial charge on any atom is 0.424 e. The van der Waals surface area contributed by atoms with Gasteiger partial charge in [-0.25, -0.2) is 19.0 Å². The third-order valence-corrected chi connectivity index (χ3v) is 5.26. The largest absolute Gasteiger partial charge is 0.449 e. The van der Waals surface area contributed by atoms with E-state index in [1.165, 1.54) is 24.4 Å². The van der Waals surface area contributed by atoms with Crippen molar-refractivity contribution in [3.05, 3.63) is 52.9 Å². The van der Waals surface area contributed by atoms with E-state index in [4.69, 9.17) is 31.5 Å². The number of nitrogen functional groups attached to an aromatic ring is 1. The summed E-state index contributed by atoms with van der Waals surface area (Å²) in [5.41, 5.74) is 4.25. The van der Waals surface area contributed by atoms with Crippen molar-refractivity contribution in [3.8, 4) is 0 Å². The number of amides is 2. The summed E-state index contributed by atoms with van der Waals surface area (Å²) in [7, 11) is 0. The second-order valence-corrected chi connectivity index (χ2v) is 10.9. The highest BCUT2D eigenvalue weighted by molar-refractivity contribution is 6.31. The van der Waals surface area contributed by atoms with Crippen molar-refractivity contribution >= 4 is 57.9 Å². The highest BCUT2D eigenvalue weighted by Crippen LogP contribution is 2.33. The van der Waals surface area contributed by atoms with Crippen molar-refractivity contribution in [2.45, 2.75) is 59.7 Å². The Kier molecular flexibility index (Phi) is 8.25. The van der Waals surface area contributed by atoms with Crippen molar-refractivity contribution in [1.29, 1.82) is 0 Å². The quantitative estimate of drug-likeness (QED) is 0.293. The van der Waals surface area contributed by atoms with E-state index in [1.807, 2.05) is 0 Å². The van der Waals surface area contributed by atoms with E-state index in [0.29, 0.717) is 15.3 Å². The van der Waals surface area contributed by atoms with Crippen LogP contribution >= 0.6 is 11.6 Å². The first-order valence-electron chi connectivity index (χ1n) is 12.1. The number of halogens is 1. The van der Waals surface area contributed by atoms with Gasteiger partial charge in [-0.1, -0.05) is 11.6 Å². The van der Waals surface area contributed by atoms with Crippen LogP contribution in [0.15, 0.2) is 36.5 Å². The molecule has 39 heavy (non-hydrogen) atoms. The molecule has 0 aliphatic carbocycles. The molecule has 0 aliphatic rings. The summed E-state index contributed by atoms with van der Waals surface area (Å²) in [4.78, 5) is 57.6. The average molecular weight is 559 g/mol. The van der Waals surface area contributed by atoms with Crippen LogP contribution in [0.2, 0.25) is 5.02 Å². The number of pyridine rings is 1. The number of anilines is 2. The zero-order valence-electron chi connectivity index (χ0n) is 22.8. The highest BCUT2D eigenvalue weighted by Gasteiger charge is 2.34. The predicted octanol–water partition coefficient (Wildman–Crippen LogP) is 6.18. The molecule has 0 unspecified atom stereocenters. The number of ketones is 1. The lowest BCUT2D eigenvalue weighted by molar-refractivity contribution is 0.0430. The molecule has 3 aromatic rings. The molecule has 208 valence electrons. The number of carbonyl (C=O) groups excluding carboxylic acids is 4. The van der Waals surface area contributed by atoms with E-state index in [1.54, 1.807) is 60.6 Å². The Balaban J connectivity index is 2.16. The van der Waals surface area contributed by atoms with E-state index in [0.717, 1.165) is 4.57 Å². The predicted molar refractivity (Wildman–Crippen MR) is 146 cm³/mol. The fourth-order valence-corrected chi connectivity index (χ4v) is 3.76. The van der Waals surface area contributed by atoms with Crippen LogP contribution in [0.3, 0.4) is 0 Å². The van der Waals surface area contributed by atoms with Crippen molar-refractivity contribution in [2.24, 2.45) is 0 Å². The van der Waals surface area contributed by atoms with Gasteiger partial charge in [-0.3, -0.25) is 9.78 Å². The van der Waals surface area contributed by atoms with Crippen LogP contribution in [-0.4, -0.2) is 51.4 Å². The molecular weight excluding hydrogens is 528 g/mol. The number of nitrogens with zero attached hydrogens (tertiary/aromatic N) is 3. The molecule has 2 N–H and O–H groups in total. The molecule has 0 radical (unpaired) electrons. The molecule has 0 spiro atoms. The lowest BCUT2D eigenvalue weighted by atomic mass is 10.1. The number of carbonyl (C=O) groups is 4. The zero-order chi connectivity index (χ0) is 29.3.